The van der Waals surface area contributed by atoms with Crippen molar-refractivity contribution in [1.82, 2.24) is 4.98 Å². The predicted molar refractivity (Wildman–Crippen MR) is 125 cm³/mol. The van der Waals surface area contributed by atoms with Crippen LogP contribution in [0.15, 0.2) is 59.6 Å². The normalized spacial score (nSPS) is 19.4. The molecule has 5 rings (SSSR count). The minimum absolute atomic E-state index is 0.0178. The van der Waals surface area contributed by atoms with Crippen molar-refractivity contribution >= 4 is 33.9 Å². The second-order valence-electron chi connectivity index (χ2n) is 8.16. The summed E-state index contributed by atoms with van der Waals surface area (Å²) in [5.41, 5.74) is 2.24. The fraction of sp³-hybridized carbons (Fsp3) is 0.240. The first-order valence-corrected chi connectivity index (χ1v) is 11.5. The van der Waals surface area contributed by atoms with E-state index in [-0.39, 0.29) is 11.3 Å². The molecule has 33 heavy (non-hydrogen) atoms. The van der Waals surface area contributed by atoms with Crippen LogP contribution >= 0.6 is 11.3 Å². The van der Waals surface area contributed by atoms with Crippen LogP contribution < -0.4 is 14.4 Å². The van der Waals surface area contributed by atoms with Gasteiger partial charge in [0.15, 0.2) is 16.6 Å². The summed E-state index contributed by atoms with van der Waals surface area (Å²) in [5.74, 6) is -0.346. The molecule has 1 aromatic heterocycles. The molecule has 0 spiro atoms. The van der Waals surface area contributed by atoms with Gasteiger partial charge in [-0.2, -0.15) is 0 Å². The molecule has 8 heteroatoms. The number of benzene rings is 2. The molecule has 2 aromatic carbocycles. The molecule has 0 aliphatic carbocycles. The van der Waals surface area contributed by atoms with Crippen molar-refractivity contribution in [2.24, 2.45) is 0 Å². The number of amides is 1. The zero-order valence-corrected chi connectivity index (χ0v) is 19.0. The summed E-state index contributed by atoms with van der Waals surface area (Å²) in [6, 6.07) is 11.9. The lowest BCUT2D eigenvalue weighted by Crippen LogP contribution is -2.29. The molecule has 1 N–H and O–H groups in total. The predicted octanol–water partition coefficient (Wildman–Crippen LogP) is 4.66. The molecular formula is C25H22N2O5S. The number of ketones is 1. The number of Topliss-reactive ketones (excluding diaryl/α,β-unsaturated/α-hetero) is 1. The Morgan fingerprint density at radius 1 is 1.09 bits per heavy atom. The Kier molecular flexibility index (Phi) is 5.38. The molecular weight excluding hydrogens is 440 g/mol. The summed E-state index contributed by atoms with van der Waals surface area (Å²) in [4.78, 5) is 31.9. The summed E-state index contributed by atoms with van der Waals surface area (Å²) >= 11 is 1.26. The molecule has 0 radical (unpaired) electrons. The maximum atomic E-state index is 13.2. The third-order valence-corrected chi connectivity index (χ3v) is 6.57. The molecule has 0 bridgehead atoms. The minimum Gasteiger partial charge on any atom is -0.507 e. The zero-order valence-electron chi connectivity index (χ0n) is 18.1. The van der Waals surface area contributed by atoms with Gasteiger partial charge in [-0.3, -0.25) is 14.5 Å². The summed E-state index contributed by atoms with van der Waals surface area (Å²) in [6.07, 6.45) is 1.58. The van der Waals surface area contributed by atoms with Crippen LogP contribution in [-0.4, -0.2) is 35.0 Å². The van der Waals surface area contributed by atoms with Gasteiger partial charge in [0.25, 0.3) is 5.78 Å². The van der Waals surface area contributed by atoms with Gasteiger partial charge in [-0.1, -0.05) is 38.1 Å². The third kappa shape index (κ3) is 3.66. The summed E-state index contributed by atoms with van der Waals surface area (Å²) in [6.45, 7) is 5.04. The Hall–Kier alpha value is -3.65. The van der Waals surface area contributed by atoms with Crippen molar-refractivity contribution in [3.8, 4) is 11.5 Å². The maximum Gasteiger partial charge on any atom is 0.301 e. The number of aliphatic hydroxyl groups excluding tert-OH is 1. The fourth-order valence-electron chi connectivity index (χ4n) is 4.09. The molecule has 3 aromatic rings. The second kappa shape index (κ2) is 8.37. The van der Waals surface area contributed by atoms with Crippen LogP contribution in [0.5, 0.6) is 11.5 Å². The topological polar surface area (TPSA) is 89.0 Å². The van der Waals surface area contributed by atoms with E-state index < -0.39 is 17.7 Å². The van der Waals surface area contributed by atoms with Gasteiger partial charge in [-0.15, -0.1) is 11.3 Å². The average Bonchev–Trinajstić information content (AvgIpc) is 3.45. The lowest BCUT2D eigenvalue weighted by Gasteiger charge is -2.23. The third-order valence-electron chi connectivity index (χ3n) is 5.80. The zero-order chi connectivity index (χ0) is 23.1. The van der Waals surface area contributed by atoms with E-state index in [9.17, 15) is 14.7 Å². The highest BCUT2D eigenvalue weighted by Crippen LogP contribution is 2.43. The van der Waals surface area contributed by atoms with Crippen molar-refractivity contribution in [1.29, 1.82) is 0 Å². The van der Waals surface area contributed by atoms with Crippen molar-refractivity contribution in [3.05, 3.63) is 76.3 Å². The van der Waals surface area contributed by atoms with E-state index in [1.165, 1.54) is 16.2 Å². The van der Waals surface area contributed by atoms with Crippen LogP contribution in [-0.2, 0) is 9.59 Å². The van der Waals surface area contributed by atoms with E-state index in [1.807, 2.05) is 24.3 Å². The Bertz CT molecular complexity index is 1250. The summed E-state index contributed by atoms with van der Waals surface area (Å²) in [5, 5.41) is 13.4. The molecule has 168 valence electrons. The molecule has 1 amide bonds. The van der Waals surface area contributed by atoms with Crippen molar-refractivity contribution < 1.29 is 24.2 Å². The molecule has 1 atom stereocenters. The lowest BCUT2D eigenvalue weighted by atomic mass is 9.93. The maximum absolute atomic E-state index is 13.2. The van der Waals surface area contributed by atoms with Crippen LogP contribution in [0.4, 0.5) is 5.13 Å². The van der Waals surface area contributed by atoms with Crippen LogP contribution in [0.1, 0.15) is 42.5 Å². The van der Waals surface area contributed by atoms with Crippen LogP contribution in [0.3, 0.4) is 0 Å². The van der Waals surface area contributed by atoms with Gasteiger partial charge in [0.2, 0.25) is 0 Å². The first kappa shape index (κ1) is 21.2. The molecule has 0 unspecified atom stereocenters. The quantitative estimate of drug-likeness (QED) is 0.345. The average molecular weight is 463 g/mol. The van der Waals surface area contributed by atoms with Crippen molar-refractivity contribution in [3.63, 3.8) is 0 Å². The van der Waals surface area contributed by atoms with E-state index >= 15 is 0 Å². The minimum atomic E-state index is -0.800. The molecule has 2 aliphatic heterocycles. The highest BCUT2D eigenvalue weighted by Gasteiger charge is 2.48. The number of hydrogen-bond acceptors (Lipinski definition) is 7. The van der Waals surface area contributed by atoms with Gasteiger partial charge in [0.1, 0.15) is 19.0 Å². The molecule has 3 heterocycles. The van der Waals surface area contributed by atoms with Crippen LogP contribution in [0.2, 0.25) is 0 Å². The number of rotatable bonds is 4. The van der Waals surface area contributed by atoms with E-state index in [0.717, 1.165) is 5.56 Å². The Labute approximate surface area is 194 Å². The smallest absolute Gasteiger partial charge is 0.301 e. The molecule has 1 fully saturated rings. The van der Waals surface area contributed by atoms with Gasteiger partial charge >= 0.3 is 5.91 Å². The van der Waals surface area contributed by atoms with Gasteiger partial charge in [0.05, 0.1) is 11.6 Å². The lowest BCUT2D eigenvalue weighted by molar-refractivity contribution is -0.132. The standard InChI is InChI=1S/C25H22N2O5S/c1-14(2)15-3-5-16(6-4-15)21-20(23(29)24(30)27(21)25-26-9-12-33-25)22(28)17-7-8-18-19(13-17)32-11-10-31-18/h3-9,12-14,21,28H,10-11H2,1-2H3/t21-/m0/s1. The number of hydrogen-bond donors (Lipinski definition) is 1. The molecule has 1 saturated heterocycles. The monoisotopic (exact) mass is 462 g/mol. The number of aromatic nitrogens is 1. The number of aliphatic hydroxyl groups is 1. The fourth-order valence-corrected chi connectivity index (χ4v) is 4.76. The largest absolute Gasteiger partial charge is 0.507 e. The van der Waals surface area contributed by atoms with E-state index in [1.54, 1.807) is 29.8 Å². The Balaban J connectivity index is 1.66. The highest BCUT2D eigenvalue weighted by molar-refractivity contribution is 7.14. The summed E-state index contributed by atoms with van der Waals surface area (Å²) < 4.78 is 11.2. The molecule has 0 saturated carbocycles. The summed E-state index contributed by atoms with van der Waals surface area (Å²) in [7, 11) is 0. The number of thiazole rings is 1. The van der Waals surface area contributed by atoms with E-state index in [4.69, 9.17) is 9.47 Å². The first-order valence-electron chi connectivity index (χ1n) is 10.7. The molecule has 7 nitrogen and oxygen atoms in total. The van der Waals surface area contributed by atoms with E-state index in [2.05, 4.69) is 18.8 Å². The number of anilines is 1. The Morgan fingerprint density at radius 3 is 2.48 bits per heavy atom. The van der Waals surface area contributed by atoms with Crippen molar-refractivity contribution in [2.45, 2.75) is 25.8 Å². The van der Waals surface area contributed by atoms with Gasteiger partial charge in [-0.25, -0.2) is 4.98 Å². The number of ether oxygens (including phenoxy) is 2. The number of carbonyl (C=O) groups is 2. The van der Waals surface area contributed by atoms with Gasteiger partial charge in [-0.05, 0) is 35.2 Å². The van der Waals surface area contributed by atoms with Gasteiger partial charge < -0.3 is 14.6 Å². The van der Waals surface area contributed by atoms with Crippen LogP contribution in [0.25, 0.3) is 5.76 Å². The SMILES string of the molecule is CC(C)c1ccc([C@H]2C(=C(O)c3ccc4c(c3)OCCO4)C(=O)C(=O)N2c2nccs2)cc1. The van der Waals surface area contributed by atoms with Crippen LogP contribution in [0, 0.1) is 0 Å². The second-order valence-corrected chi connectivity index (χ2v) is 9.04. The highest BCUT2D eigenvalue weighted by atomic mass is 32.1. The number of carbonyl (C=O) groups excluding carboxylic acids is 2. The molecule has 2 aliphatic rings. The van der Waals surface area contributed by atoms with Crippen molar-refractivity contribution in [2.75, 3.05) is 18.1 Å². The number of nitrogens with zero attached hydrogens (tertiary/aromatic N) is 2. The van der Waals surface area contributed by atoms with E-state index in [0.29, 0.717) is 46.9 Å². The Morgan fingerprint density at radius 2 is 1.82 bits per heavy atom. The number of fused-ring (bicyclic) bond motifs is 1. The van der Waals surface area contributed by atoms with Gasteiger partial charge in [0, 0.05) is 17.1 Å². The first-order chi connectivity index (χ1) is 16.0.